The van der Waals surface area contributed by atoms with Gasteiger partial charge in [0, 0.05) is 56.1 Å². The number of amides is 2. The van der Waals surface area contributed by atoms with E-state index in [4.69, 9.17) is 0 Å². The molecule has 3 heterocycles. The zero-order valence-corrected chi connectivity index (χ0v) is 14.2. The molecule has 1 aromatic heterocycles. The van der Waals surface area contributed by atoms with E-state index in [0.29, 0.717) is 18.7 Å². The van der Waals surface area contributed by atoms with Gasteiger partial charge in [-0.05, 0) is 25.0 Å². The van der Waals surface area contributed by atoms with Gasteiger partial charge in [-0.3, -0.25) is 25.4 Å². The summed E-state index contributed by atoms with van der Waals surface area (Å²) in [6.45, 7) is 4.17. The molecule has 3 N–H and O–H groups in total. The molecule has 7 heteroatoms. The summed E-state index contributed by atoms with van der Waals surface area (Å²) in [6.07, 6.45) is 5.20. The van der Waals surface area contributed by atoms with E-state index in [1.807, 2.05) is 4.90 Å². The fraction of sp³-hybridized carbons (Fsp3) is 0.588. The van der Waals surface area contributed by atoms with Crippen LogP contribution in [0.3, 0.4) is 0 Å². The van der Waals surface area contributed by atoms with Gasteiger partial charge in [-0.15, -0.1) is 0 Å². The number of hydrogen-bond acceptors (Lipinski definition) is 5. The molecule has 0 spiro atoms. The van der Waals surface area contributed by atoms with Crippen LogP contribution in [-0.2, 0) is 4.79 Å². The highest BCUT2D eigenvalue weighted by atomic mass is 16.2. The highest BCUT2D eigenvalue weighted by Gasteiger charge is 2.47. The van der Waals surface area contributed by atoms with Crippen molar-refractivity contribution in [2.75, 3.05) is 26.7 Å². The Bertz CT molecular complexity index is 608. The Morgan fingerprint density at radius 2 is 2.12 bits per heavy atom. The van der Waals surface area contributed by atoms with Crippen LogP contribution >= 0.6 is 0 Å². The Morgan fingerprint density at radius 1 is 1.38 bits per heavy atom. The monoisotopic (exact) mass is 331 g/mol. The zero-order chi connectivity index (χ0) is 17.2. The van der Waals surface area contributed by atoms with Gasteiger partial charge in [0.1, 0.15) is 0 Å². The Labute approximate surface area is 142 Å². The Morgan fingerprint density at radius 3 is 2.83 bits per heavy atom. The number of nitrogens with one attached hydrogen (secondary N) is 3. The van der Waals surface area contributed by atoms with Crippen LogP contribution in [0, 0.1) is 11.3 Å². The second kappa shape index (κ2) is 6.86. The lowest BCUT2D eigenvalue weighted by molar-refractivity contribution is -0.125. The van der Waals surface area contributed by atoms with E-state index in [-0.39, 0.29) is 29.2 Å². The van der Waals surface area contributed by atoms with Crippen LogP contribution in [0.4, 0.5) is 0 Å². The van der Waals surface area contributed by atoms with Gasteiger partial charge < -0.3 is 10.2 Å². The van der Waals surface area contributed by atoms with E-state index in [2.05, 4.69) is 28.1 Å². The highest BCUT2D eigenvalue weighted by Crippen LogP contribution is 2.37. The third kappa shape index (κ3) is 3.14. The number of aromatic nitrogens is 1. The molecular formula is C17H25N5O2. The summed E-state index contributed by atoms with van der Waals surface area (Å²) in [5.41, 5.74) is 6.90. The smallest absolute Gasteiger partial charge is 0.253 e. The number of nitrogens with zero attached hydrogens (tertiary/aromatic N) is 2. The molecule has 3 atom stereocenters. The topological polar surface area (TPSA) is 86.4 Å². The van der Waals surface area contributed by atoms with Gasteiger partial charge in [0.25, 0.3) is 5.91 Å². The number of hydrazine groups is 1. The first-order valence-electron chi connectivity index (χ1n) is 8.44. The second-order valence-electron chi connectivity index (χ2n) is 6.94. The molecule has 2 saturated heterocycles. The number of hydrogen-bond donors (Lipinski definition) is 3. The predicted octanol–water partition coefficient (Wildman–Crippen LogP) is 0.163. The minimum absolute atomic E-state index is 0.00508. The van der Waals surface area contributed by atoms with E-state index in [0.717, 1.165) is 19.4 Å². The summed E-state index contributed by atoms with van der Waals surface area (Å²) in [4.78, 5) is 30.8. The van der Waals surface area contributed by atoms with Crippen LogP contribution in [0.15, 0.2) is 24.5 Å². The van der Waals surface area contributed by atoms with Crippen LogP contribution in [0.5, 0.6) is 0 Å². The van der Waals surface area contributed by atoms with Crippen molar-refractivity contribution in [1.82, 2.24) is 26.1 Å². The van der Waals surface area contributed by atoms with Crippen LogP contribution in [0.1, 0.15) is 30.1 Å². The van der Waals surface area contributed by atoms with Crippen molar-refractivity contribution < 1.29 is 9.59 Å². The molecule has 0 saturated carbocycles. The lowest BCUT2D eigenvalue weighted by Crippen LogP contribution is -2.56. The van der Waals surface area contributed by atoms with Crippen LogP contribution in [0.25, 0.3) is 0 Å². The van der Waals surface area contributed by atoms with Gasteiger partial charge in [-0.2, -0.15) is 0 Å². The Balaban J connectivity index is 1.76. The summed E-state index contributed by atoms with van der Waals surface area (Å²) in [6, 6.07) is 3.50. The molecule has 0 aromatic carbocycles. The van der Waals surface area contributed by atoms with E-state index < -0.39 is 0 Å². The minimum atomic E-state index is -0.151. The van der Waals surface area contributed by atoms with Gasteiger partial charge in [0.15, 0.2) is 0 Å². The predicted molar refractivity (Wildman–Crippen MR) is 90.0 cm³/mol. The maximum Gasteiger partial charge on any atom is 0.253 e. The van der Waals surface area contributed by atoms with Crippen molar-refractivity contribution in [2.24, 2.45) is 11.3 Å². The van der Waals surface area contributed by atoms with Crippen LogP contribution in [0.2, 0.25) is 0 Å². The zero-order valence-electron chi connectivity index (χ0n) is 14.2. The van der Waals surface area contributed by atoms with E-state index >= 15 is 0 Å². The summed E-state index contributed by atoms with van der Waals surface area (Å²) in [5, 5.41) is 2.75. The lowest BCUT2D eigenvalue weighted by atomic mass is 9.71. The van der Waals surface area contributed by atoms with Crippen molar-refractivity contribution in [2.45, 2.75) is 25.8 Å². The molecule has 0 aliphatic carbocycles. The molecule has 130 valence electrons. The Kier molecular flexibility index (Phi) is 4.82. The average molecular weight is 331 g/mol. The normalized spacial score (nSPS) is 30.2. The molecular weight excluding hydrogens is 306 g/mol. The fourth-order valence-electron chi connectivity index (χ4n) is 3.96. The molecule has 2 aliphatic heterocycles. The molecule has 0 bridgehead atoms. The van der Waals surface area contributed by atoms with Gasteiger partial charge >= 0.3 is 0 Å². The molecule has 2 amide bonds. The van der Waals surface area contributed by atoms with E-state index in [9.17, 15) is 9.59 Å². The molecule has 3 rings (SSSR count). The standard InChI is InChI=1S/C17H25N5O2/c1-17(14-13(10-20-21-14)15(23)18-2)6-3-9-22(11-17)16(24)12-4-7-19-8-5-12/h4-5,7-8,13-14,20-21H,3,6,9-11H2,1-2H3,(H,18,23). The number of likely N-dealkylation sites (tertiary alicyclic amines) is 1. The second-order valence-corrected chi connectivity index (χ2v) is 6.94. The maximum absolute atomic E-state index is 12.8. The molecule has 2 fully saturated rings. The first-order valence-corrected chi connectivity index (χ1v) is 8.44. The van der Waals surface area contributed by atoms with Crippen molar-refractivity contribution in [1.29, 1.82) is 0 Å². The number of rotatable bonds is 3. The van der Waals surface area contributed by atoms with Crippen molar-refractivity contribution in [3.05, 3.63) is 30.1 Å². The third-order valence-electron chi connectivity index (χ3n) is 5.26. The number of piperidine rings is 1. The van der Waals surface area contributed by atoms with Crippen LogP contribution in [-0.4, -0.2) is 54.4 Å². The number of carbonyl (C=O) groups is 2. The third-order valence-corrected chi connectivity index (χ3v) is 5.26. The molecule has 0 radical (unpaired) electrons. The van der Waals surface area contributed by atoms with Crippen molar-refractivity contribution >= 4 is 11.8 Å². The lowest BCUT2D eigenvalue weighted by Gasteiger charge is -2.45. The van der Waals surface area contributed by atoms with Crippen molar-refractivity contribution in [3.63, 3.8) is 0 Å². The summed E-state index contributed by atoms with van der Waals surface area (Å²) < 4.78 is 0. The van der Waals surface area contributed by atoms with Gasteiger partial charge in [-0.25, -0.2) is 0 Å². The minimum Gasteiger partial charge on any atom is -0.359 e. The maximum atomic E-state index is 12.8. The largest absolute Gasteiger partial charge is 0.359 e. The van der Waals surface area contributed by atoms with Gasteiger partial charge in [0.05, 0.1) is 5.92 Å². The summed E-state index contributed by atoms with van der Waals surface area (Å²) in [7, 11) is 1.67. The summed E-state index contributed by atoms with van der Waals surface area (Å²) in [5.74, 6) is -0.0574. The quantitative estimate of drug-likeness (QED) is 0.735. The first-order chi connectivity index (χ1) is 11.5. The molecule has 24 heavy (non-hydrogen) atoms. The van der Waals surface area contributed by atoms with Gasteiger partial charge in [0.2, 0.25) is 5.91 Å². The molecule has 1 aromatic rings. The fourth-order valence-corrected chi connectivity index (χ4v) is 3.96. The number of carbonyl (C=O) groups excluding carboxylic acids is 2. The molecule has 2 aliphatic rings. The van der Waals surface area contributed by atoms with Gasteiger partial charge in [-0.1, -0.05) is 6.92 Å². The average Bonchev–Trinajstić information content (AvgIpc) is 3.12. The Hall–Kier alpha value is -1.99. The summed E-state index contributed by atoms with van der Waals surface area (Å²) >= 11 is 0. The van der Waals surface area contributed by atoms with Crippen LogP contribution < -0.4 is 16.2 Å². The molecule has 7 nitrogen and oxygen atoms in total. The van der Waals surface area contributed by atoms with E-state index in [1.165, 1.54) is 0 Å². The SMILES string of the molecule is CNC(=O)C1CNNC1C1(C)CCCN(C(=O)c2ccncc2)C1. The van der Waals surface area contributed by atoms with E-state index in [1.54, 1.807) is 31.6 Å². The first kappa shape index (κ1) is 16.9. The number of pyridine rings is 1. The molecule has 3 unspecified atom stereocenters. The van der Waals surface area contributed by atoms with Crippen molar-refractivity contribution in [3.8, 4) is 0 Å². The highest BCUT2D eigenvalue weighted by molar-refractivity contribution is 5.94.